The van der Waals surface area contributed by atoms with Crippen molar-refractivity contribution in [2.75, 3.05) is 13.3 Å². The van der Waals surface area contributed by atoms with Crippen molar-refractivity contribution < 1.29 is 4.52 Å². The van der Waals surface area contributed by atoms with Crippen LogP contribution >= 0.6 is 7.49 Å². The van der Waals surface area contributed by atoms with Crippen LogP contribution in [0.25, 0.3) is 0 Å². The zero-order valence-corrected chi connectivity index (χ0v) is 11.3. The van der Waals surface area contributed by atoms with E-state index in [2.05, 4.69) is 34.1 Å². The van der Waals surface area contributed by atoms with Crippen molar-refractivity contribution in [1.29, 1.82) is 0 Å². The maximum atomic E-state index is 6.17. The molecule has 0 spiro atoms. The van der Waals surface area contributed by atoms with Gasteiger partial charge >= 0.3 is 0 Å². The molecular formula is C13H22OP+. The number of benzene rings is 1. The second-order valence-corrected chi connectivity index (χ2v) is 9.02. The number of hydrogen-bond donors (Lipinski definition) is 0. The topological polar surface area (TPSA) is 9.23 Å². The highest BCUT2D eigenvalue weighted by atomic mass is 31.2. The van der Waals surface area contributed by atoms with Gasteiger partial charge in [-0.25, -0.2) is 0 Å². The molecule has 0 aliphatic heterocycles. The van der Waals surface area contributed by atoms with Crippen LogP contribution < -0.4 is 4.52 Å². The lowest BCUT2D eigenvalue weighted by Crippen LogP contribution is -2.25. The van der Waals surface area contributed by atoms with Crippen LogP contribution in [0.4, 0.5) is 0 Å². The maximum Gasteiger partial charge on any atom is 0.190 e. The summed E-state index contributed by atoms with van der Waals surface area (Å²) in [4.78, 5) is 0. The summed E-state index contributed by atoms with van der Waals surface area (Å²) >= 11 is 0. The summed E-state index contributed by atoms with van der Waals surface area (Å²) in [5.41, 5.74) is 0. The minimum atomic E-state index is -1.37. The molecule has 1 rings (SSSR count). The quantitative estimate of drug-likeness (QED) is 0.688. The molecule has 0 heterocycles. The summed E-state index contributed by atoms with van der Waals surface area (Å²) in [5.74, 6) is 0.998. The van der Waals surface area contributed by atoms with E-state index in [1.165, 1.54) is 0 Å². The molecule has 0 N–H and O–H groups in total. The largest absolute Gasteiger partial charge is 0.351 e. The number of rotatable bonds is 4. The first kappa shape index (κ1) is 12.5. The molecule has 0 saturated carbocycles. The fourth-order valence-corrected chi connectivity index (χ4v) is 2.91. The van der Waals surface area contributed by atoms with E-state index in [0.29, 0.717) is 0 Å². The Morgan fingerprint density at radius 3 is 2.13 bits per heavy atom. The first-order chi connectivity index (χ1) is 6.89. The minimum Gasteiger partial charge on any atom is -0.351 e. The smallest absolute Gasteiger partial charge is 0.190 e. The molecule has 0 atom stereocenters. The highest BCUT2D eigenvalue weighted by molar-refractivity contribution is 7.71. The van der Waals surface area contributed by atoms with E-state index in [9.17, 15) is 0 Å². The maximum absolute atomic E-state index is 6.17. The Kier molecular flexibility index (Phi) is 3.78. The Morgan fingerprint density at radius 2 is 1.67 bits per heavy atom. The summed E-state index contributed by atoms with van der Waals surface area (Å²) in [7, 11) is -1.37. The van der Waals surface area contributed by atoms with E-state index >= 15 is 0 Å². The van der Waals surface area contributed by atoms with Gasteiger partial charge in [-0.3, -0.25) is 0 Å². The zero-order valence-electron chi connectivity index (χ0n) is 10.4. The van der Waals surface area contributed by atoms with Gasteiger partial charge in [0.05, 0.1) is 13.3 Å². The van der Waals surface area contributed by atoms with E-state index < -0.39 is 7.49 Å². The van der Waals surface area contributed by atoms with Gasteiger partial charge in [-0.2, -0.15) is 0 Å². The van der Waals surface area contributed by atoms with Crippen LogP contribution in [-0.4, -0.2) is 18.5 Å². The predicted octanol–water partition coefficient (Wildman–Crippen LogP) is 4.45. The van der Waals surface area contributed by atoms with Crippen LogP contribution in [0.5, 0.6) is 5.75 Å². The van der Waals surface area contributed by atoms with Crippen LogP contribution in [0.1, 0.15) is 27.2 Å². The van der Waals surface area contributed by atoms with Crippen molar-refractivity contribution in [2.24, 2.45) is 0 Å². The lowest BCUT2D eigenvalue weighted by atomic mass is 10.1. The Balaban J connectivity index is 2.81. The first-order valence-corrected chi connectivity index (χ1v) is 8.08. The van der Waals surface area contributed by atoms with Gasteiger partial charge in [-0.05, 0) is 32.4 Å². The van der Waals surface area contributed by atoms with Gasteiger partial charge < -0.3 is 4.52 Å². The fraction of sp³-hybridized carbons (Fsp3) is 0.538. The Bertz CT molecular complexity index is 304. The minimum absolute atomic E-state index is 0.281. The Hall–Kier alpha value is -0.550. The second kappa shape index (κ2) is 4.53. The third-order valence-corrected chi connectivity index (χ3v) is 7.30. The van der Waals surface area contributed by atoms with Gasteiger partial charge in [0.25, 0.3) is 0 Å². The number of para-hydroxylation sites is 1. The molecule has 15 heavy (non-hydrogen) atoms. The molecule has 1 aromatic rings. The molecule has 1 aromatic carbocycles. The van der Waals surface area contributed by atoms with Gasteiger partial charge in [0.2, 0.25) is 0 Å². The monoisotopic (exact) mass is 225 g/mol. The fourth-order valence-electron chi connectivity index (χ4n) is 1.25. The molecule has 0 aromatic heterocycles. The second-order valence-electron chi connectivity index (χ2n) is 4.92. The van der Waals surface area contributed by atoms with Crippen LogP contribution in [-0.2, 0) is 0 Å². The number of hydrogen-bond acceptors (Lipinski definition) is 1. The van der Waals surface area contributed by atoms with Crippen molar-refractivity contribution in [2.45, 2.75) is 32.3 Å². The molecule has 0 aliphatic carbocycles. The molecule has 0 radical (unpaired) electrons. The van der Waals surface area contributed by atoms with Gasteiger partial charge in [-0.15, -0.1) is 0 Å². The lowest BCUT2D eigenvalue weighted by Gasteiger charge is -2.32. The van der Waals surface area contributed by atoms with E-state index in [1.807, 2.05) is 30.3 Å². The summed E-state index contributed by atoms with van der Waals surface area (Å²) in [5, 5.41) is 0.281. The average Bonchev–Trinajstić information content (AvgIpc) is 2.18. The Labute approximate surface area is 94.3 Å². The highest BCUT2D eigenvalue weighted by Gasteiger charge is 2.45. The van der Waals surface area contributed by atoms with E-state index in [-0.39, 0.29) is 5.16 Å². The third-order valence-electron chi connectivity index (χ3n) is 3.40. The average molecular weight is 225 g/mol. The van der Waals surface area contributed by atoms with Gasteiger partial charge in [0.15, 0.2) is 13.2 Å². The predicted molar refractivity (Wildman–Crippen MR) is 70.2 cm³/mol. The van der Waals surface area contributed by atoms with Crippen LogP contribution in [0.2, 0.25) is 0 Å². The summed E-state index contributed by atoms with van der Waals surface area (Å²) < 4.78 is 6.17. The highest BCUT2D eigenvalue weighted by Crippen LogP contribution is 2.64. The van der Waals surface area contributed by atoms with Crippen molar-refractivity contribution in [3.8, 4) is 5.75 Å². The van der Waals surface area contributed by atoms with Crippen molar-refractivity contribution in [3.05, 3.63) is 30.3 Å². The standard InChI is InChI=1S/C13H22OP/c1-6-13(2,3)15(4,5)14-12-10-8-7-9-11-12/h7-11H,6H2,1-5H3/q+1. The van der Waals surface area contributed by atoms with Gasteiger partial charge in [0, 0.05) is 0 Å². The van der Waals surface area contributed by atoms with E-state index in [4.69, 9.17) is 4.52 Å². The molecule has 84 valence electrons. The van der Waals surface area contributed by atoms with Crippen LogP contribution in [0, 0.1) is 0 Å². The summed E-state index contributed by atoms with van der Waals surface area (Å²) in [6.45, 7) is 11.4. The molecule has 0 bridgehead atoms. The first-order valence-electron chi connectivity index (χ1n) is 5.48. The molecule has 0 amide bonds. The van der Waals surface area contributed by atoms with E-state index in [1.54, 1.807) is 0 Å². The van der Waals surface area contributed by atoms with Crippen LogP contribution in [0.15, 0.2) is 30.3 Å². The SMILES string of the molecule is CCC(C)(C)[P+](C)(C)Oc1ccccc1. The van der Waals surface area contributed by atoms with Crippen molar-refractivity contribution >= 4 is 7.49 Å². The lowest BCUT2D eigenvalue weighted by molar-refractivity contribution is 0.536. The van der Waals surface area contributed by atoms with Crippen molar-refractivity contribution in [1.82, 2.24) is 0 Å². The van der Waals surface area contributed by atoms with Gasteiger partial charge in [0.1, 0.15) is 5.16 Å². The third kappa shape index (κ3) is 2.95. The molecule has 0 saturated heterocycles. The van der Waals surface area contributed by atoms with Gasteiger partial charge in [-0.1, -0.05) is 25.1 Å². The summed E-state index contributed by atoms with van der Waals surface area (Å²) in [6.07, 6.45) is 1.15. The normalized spacial score (nSPS) is 12.6. The molecule has 2 heteroatoms. The molecule has 1 nitrogen and oxygen atoms in total. The molecule has 0 fully saturated rings. The molecule has 0 unspecified atom stereocenters. The Morgan fingerprint density at radius 1 is 1.13 bits per heavy atom. The molecular weight excluding hydrogens is 203 g/mol. The van der Waals surface area contributed by atoms with E-state index in [0.717, 1.165) is 12.2 Å². The molecule has 0 aliphatic rings. The summed E-state index contributed by atoms with van der Waals surface area (Å²) in [6, 6.07) is 10.1. The van der Waals surface area contributed by atoms with Crippen LogP contribution in [0.3, 0.4) is 0 Å². The van der Waals surface area contributed by atoms with Crippen molar-refractivity contribution in [3.63, 3.8) is 0 Å². The zero-order chi connectivity index (χ0) is 11.5.